The van der Waals surface area contributed by atoms with E-state index in [1.807, 2.05) is 29.1 Å². The maximum Gasteiger partial charge on any atom is 0.222 e. The summed E-state index contributed by atoms with van der Waals surface area (Å²) in [5, 5.41) is 7.76. The Balaban J connectivity index is 1.16. The van der Waals surface area contributed by atoms with E-state index in [0.717, 1.165) is 80.0 Å². The molecule has 2 aromatic heterocycles. The molecule has 2 aliphatic heterocycles. The fourth-order valence-corrected chi connectivity index (χ4v) is 5.11. The van der Waals surface area contributed by atoms with Crippen molar-refractivity contribution in [3.05, 3.63) is 90.5 Å². The first-order chi connectivity index (χ1) is 18.5. The largest absolute Gasteiger partial charge is 0.368 e. The van der Waals surface area contributed by atoms with Crippen LogP contribution in [0.4, 0.5) is 17.5 Å². The molecular weight excluding hydrogens is 474 g/mol. The van der Waals surface area contributed by atoms with Crippen LogP contribution in [0.5, 0.6) is 0 Å². The molecule has 0 atom stereocenters. The van der Waals surface area contributed by atoms with Gasteiger partial charge in [-0.25, -0.2) is 9.67 Å². The SMILES string of the molecule is C=C(Nc1ccc(-n2cccn2)cc1)N1CCc2ccc(-c3cc(N4CCN(C)CC4)nc(N)n3)cc2C1. The van der Waals surface area contributed by atoms with Crippen LogP contribution >= 0.6 is 0 Å². The smallest absolute Gasteiger partial charge is 0.222 e. The van der Waals surface area contributed by atoms with Crippen LogP contribution in [0, 0.1) is 0 Å². The summed E-state index contributed by atoms with van der Waals surface area (Å²) in [5.74, 6) is 2.10. The number of benzene rings is 2. The van der Waals surface area contributed by atoms with Crippen LogP contribution in [0.15, 0.2) is 79.4 Å². The van der Waals surface area contributed by atoms with Crippen molar-refractivity contribution in [2.75, 3.05) is 55.7 Å². The molecule has 0 saturated carbocycles. The number of anilines is 3. The van der Waals surface area contributed by atoms with Gasteiger partial charge < -0.3 is 25.8 Å². The van der Waals surface area contributed by atoms with Gasteiger partial charge in [0, 0.05) is 69.0 Å². The zero-order valence-electron chi connectivity index (χ0n) is 21.7. The Morgan fingerprint density at radius 2 is 1.76 bits per heavy atom. The van der Waals surface area contributed by atoms with Crippen molar-refractivity contribution in [2.24, 2.45) is 0 Å². The summed E-state index contributed by atoms with van der Waals surface area (Å²) in [6, 6.07) is 18.8. The van der Waals surface area contributed by atoms with Crippen molar-refractivity contribution in [1.29, 1.82) is 0 Å². The second-order valence-corrected chi connectivity index (χ2v) is 9.98. The number of nitrogens with one attached hydrogen (secondary N) is 1. The van der Waals surface area contributed by atoms with E-state index in [1.54, 1.807) is 6.20 Å². The number of nitrogens with zero attached hydrogens (tertiary/aromatic N) is 7. The minimum Gasteiger partial charge on any atom is -0.368 e. The number of hydrogen-bond acceptors (Lipinski definition) is 8. The summed E-state index contributed by atoms with van der Waals surface area (Å²) in [5.41, 5.74) is 12.7. The summed E-state index contributed by atoms with van der Waals surface area (Å²) < 4.78 is 1.84. The highest BCUT2D eigenvalue weighted by atomic mass is 15.3. The van der Waals surface area contributed by atoms with Crippen LogP contribution in [0.1, 0.15) is 11.1 Å². The van der Waals surface area contributed by atoms with Crippen LogP contribution in [0.25, 0.3) is 16.9 Å². The van der Waals surface area contributed by atoms with Crippen molar-refractivity contribution < 1.29 is 0 Å². The van der Waals surface area contributed by atoms with E-state index in [0.29, 0.717) is 5.95 Å². The molecule has 0 bridgehead atoms. The molecule has 6 rings (SSSR count). The van der Waals surface area contributed by atoms with Gasteiger partial charge in [0.15, 0.2) is 0 Å². The van der Waals surface area contributed by atoms with Crippen LogP contribution in [0.3, 0.4) is 0 Å². The lowest BCUT2D eigenvalue weighted by Gasteiger charge is -2.33. The first kappa shape index (κ1) is 24.0. The van der Waals surface area contributed by atoms with E-state index in [4.69, 9.17) is 5.73 Å². The van der Waals surface area contributed by atoms with Gasteiger partial charge in [-0.2, -0.15) is 10.1 Å². The summed E-state index contributed by atoms with van der Waals surface area (Å²) >= 11 is 0. The third-order valence-corrected chi connectivity index (χ3v) is 7.38. The topological polar surface area (TPSA) is 91.4 Å². The Hall–Kier alpha value is -4.37. The summed E-state index contributed by atoms with van der Waals surface area (Å²) in [6.45, 7) is 9.93. The first-order valence-corrected chi connectivity index (χ1v) is 13.0. The predicted molar refractivity (Wildman–Crippen MR) is 152 cm³/mol. The number of aromatic nitrogens is 4. The third kappa shape index (κ3) is 5.05. The molecule has 9 nitrogen and oxygen atoms in total. The second kappa shape index (κ2) is 10.2. The fourth-order valence-electron chi connectivity index (χ4n) is 5.11. The Labute approximate surface area is 223 Å². The summed E-state index contributed by atoms with van der Waals surface area (Å²) in [4.78, 5) is 16.0. The third-order valence-electron chi connectivity index (χ3n) is 7.38. The van der Waals surface area contributed by atoms with E-state index in [-0.39, 0.29) is 0 Å². The molecule has 2 aliphatic rings. The molecule has 194 valence electrons. The minimum absolute atomic E-state index is 0.312. The Morgan fingerprint density at radius 1 is 0.947 bits per heavy atom. The van der Waals surface area contributed by atoms with Crippen molar-refractivity contribution in [3.63, 3.8) is 0 Å². The van der Waals surface area contributed by atoms with E-state index in [1.165, 1.54) is 11.1 Å². The molecule has 1 saturated heterocycles. The van der Waals surface area contributed by atoms with E-state index in [9.17, 15) is 0 Å². The highest BCUT2D eigenvalue weighted by Crippen LogP contribution is 2.29. The van der Waals surface area contributed by atoms with Crippen molar-refractivity contribution in [3.8, 4) is 16.9 Å². The van der Waals surface area contributed by atoms with Crippen LogP contribution in [-0.2, 0) is 13.0 Å². The lowest BCUT2D eigenvalue weighted by Crippen LogP contribution is -2.44. The maximum atomic E-state index is 6.15. The molecule has 4 aromatic rings. The van der Waals surface area contributed by atoms with Crippen molar-refractivity contribution in [2.45, 2.75) is 13.0 Å². The van der Waals surface area contributed by atoms with Gasteiger partial charge in [0.2, 0.25) is 5.95 Å². The quantitative estimate of drug-likeness (QED) is 0.409. The molecule has 38 heavy (non-hydrogen) atoms. The normalized spacial score (nSPS) is 15.8. The van der Waals surface area contributed by atoms with E-state index in [2.05, 4.69) is 85.1 Å². The van der Waals surface area contributed by atoms with E-state index < -0.39 is 0 Å². The molecule has 0 unspecified atom stereocenters. The minimum atomic E-state index is 0.312. The van der Waals surface area contributed by atoms with Crippen LogP contribution in [0.2, 0.25) is 0 Å². The van der Waals surface area contributed by atoms with Gasteiger partial charge in [-0.1, -0.05) is 18.7 Å². The highest BCUT2D eigenvalue weighted by molar-refractivity contribution is 5.66. The maximum absolute atomic E-state index is 6.15. The highest BCUT2D eigenvalue weighted by Gasteiger charge is 2.20. The molecule has 0 radical (unpaired) electrons. The molecular formula is C29H33N9. The van der Waals surface area contributed by atoms with Gasteiger partial charge in [-0.05, 0) is 61.0 Å². The van der Waals surface area contributed by atoms with Gasteiger partial charge in [0.05, 0.1) is 17.2 Å². The fraction of sp³-hybridized carbons (Fsp3) is 0.276. The second-order valence-electron chi connectivity index (χ2n) is 9.98. The molecule has 0 amide bonds. The van der Waals surface area contributed by atoms with Gasteiger partial charge >= 0.3 is 0 Å². The van der Waals surface area contributed by atoms with Crippen LogP contribution in [-0.4, -0.2) is 69.3 Å². The molecule has 1 fully saturated rings. The number of rotatable bonds is 6. The lowest BCUT2D eigenvalue weighted by atomic mass is 9.96. The summed E-state index contributed by atoms with van der Waals surface area (Å²) in [6.07, 6.45) is 4.68. The average molecular weight is 508 g/mol. The van der Waals surface area contributed by atoms with Gasteiger partial charge in [-0.3, -0.25) is 0 Å². The Morgan fingerprint density at radius 3 is 2.53 bits per heavy atom. The molecule has 0 spiro atoms. The zero-order valence-corrected chi connectivity index (χ0v) is 21.7. The Bertz CT molecular complexity index is 1420. The van der Waals surface area contributed by atoms with Crippen molar-refractivity contribution in [1.82, 2.24) is 29.5 Å². The van der Waals surface area contributed by atoms with Gasteiger partial charge in [-0.15, -0.1) is 0 Å². The van der Waals surface area contributed by atoms with Gasteiger partial charge in [0.25, 0.3) is 0 Å². The van der Waals surface area contributed by atoms with Gasteiger partial charge in [0.1, 0.15) is 5.82 Å². The van der Waals surface area contributed by atoms with E-state index >= 15 is 0 Å². The van der Waals surface area contributed by atoms with Crippen molar-refractivity contribution >= 4 is 17.5 Å². The number of likely N-dealkylation sites (N-methyl/N-ethyl adjacent to an activating group) is 1. The standard InChI is InChI=1S/C29H33N9/c1-21(32-25-6-8-26(9-7-25)38-12-3-11-31-38)37-13-10-22-4-5-23(18-24(22)20-37)27-19-28(34-29(30)33-27)36-16-14-35(2)15-17-36/h3-9,11-12,18-19,32H,1,10,13-17,20H2,2H3,(H2,30,33,34). The number of nitrogens with two attached hydrogens (primary N) is 1. The van der Waals surface area contributed by atoms with Crippen LogP contribution < -0.4 is 16.0 Å². The number of nitrogen functional groups attached to an aromatic ring is 1. The number of piperazine rings is 1. The zero-order chi connectivity index (χ0) is 26.1. The molecule has 2 aromatic carbocycles. The molecule has 3 N–H and O–H groups in total. The molecule has 9 heteroatoms. The summed E-state index contributed by atoms with van der Waals surface area (Å²) in [7, 11) is 2.15. The first-order valence-electron chi connectivity index (χ1n) is 13.0. The number of fused-ring (bicyclic) bond motifs is 1. The predicted octanol–water partition coefficient (Wildman–Crippen LogP) is 3.60. The lowest BCUT2D eigenvalue weighted by molar-refractivity contribution is 0.312. The molecule has 0 aliphatic carbocycles. The Kier molecular flexibility index (Phi) is 6.43. The average Bonchev–Trinajstić information content (AvgIpc) is 3.48. The molecule has 4 heterocycles. The monoisotopic (exact) mass is 507 g/mol. The number of hydrogen-bond donors (Lipinski definition) is 2.